The molecule has 0 saturated heterocycles. The Labute approximate surface area is 191 Å². The van der Waals surface area contributed by atoms with Crippen LogP contribution in [0.4, 0.5) is 0 Å². The maximum Gasteiger partial charge on any atom is 0.271 e. The molecule has 0 amide bonds. The maximum absolute atomic E-state index is 14.0. The minimum atomic E-state index is -0.715. The molecule has 6 heteroatoms. The Bertz CT molecular complexity index is 1350. The lowest BCUT2D eigenvalue weighted by Crippen LogP contribution is -2.28. The first-order chi connectivity index (χ1) is 16.0. The molecule has 0 saturated carbocycles. The monoisotopic (exact) mass is 435 g/mol. The van der Waals surface area contributed by atoms with Crippen LogP contribution in [0.1, 0.15) is 44.1 Å². The first-order valence-electron chi connectivity index (χ1n) is 10.4. The van der Waals surface area contributed by atoms with Crippen LogP contribution in [0.2, 0.25) is 0 Å². The minimum Gasteiger partial charge on any atom is -0.494 e. The van der Waals surface area contributed by atoms with Crippen molar-refractivity contribution in [2.75, 3.05) is 0 Å². The smallest absolute Gasteiger partial charge is 0.271 e. The molecule has 4 rings (SSSR count). The van der Waals surface area contributed by atoms with Gasteiger partial charge < -0.3 is 5.11 Å². The van der Waals surface area contributed by atoms with Gasteiger partial charge >= 0.3 is 0 Å². The van der Waals surface area contributed by atoms with Gasteiger partial charge in [0.1, 0.15) is 11.6 Å². The van der Waals surface area contributed by atoms with Crippen LogP contribution in [0, 0.1) is 18.3 Å². The highest BCUT2D eigenvalue weighted by atomic mass is 16.3. The van der Waals surface area contributed by atoms with E-state index in [0.29, 0.717) is 5.56 Å². The molecule has 4 aromatic rings. The molecule has 0 bridgehead atoms. The van der Waals surface area contributed by atoms with Crippen LogP contribution in [0.15, 0.2) is 90.0 Å². The van der Waals surface area contributed by atoms with E-state index in [1.54, 1.807) is 24.5 Å². The Kier molecular flexibility index (Phi) is 6.14. The number of benzene rings is 2. The van der Waals surface area contributed by atoms with Gasteiger partial charge in [-0.2, -0.15) is 5.26 Å². The lowest BCUT2D eigenvalue weighted by atomic mass is 9.83. The number of hydrogen-bond donors (Lipinski definition) is 1. The van der Waals surface area contributed by atoms with Crippen LogP contribution in [-0.2, 0) is 6.54 Å². The van der Waals surface area contributed by atoms with Crippen LogP contribution in [0.5, 0.6) is 5.88 Å². The van der Waals surface area contributed by atoms with Gasteiger partial charge in [0.15, 0.2) is 5.78 Å². The quantitative estimate of drug-likeness (QED) is 0.458. The van der Waals surface area contributed by atoms with Gasteiger partial charge in [-0.3, -0.25) is 19.1 Å². The highest BCUT2D eigenvalue weighted by molar-refractivity contribution is 6.06. The lowest BCUT2D eigenvalue weighted by Gasteiger charge is -2.21. The Balaban J connectivity index is 1.93. The highest BCUT2D eigenvalue weighted by Gasteiger charge is 2.31. The zero-order valence-corrected chi connectivity index (χ0v) is 18.0. The van der Waals surface area contributed by atoms with E-state index in [9.17, 15) is 20.0 Å². The van der Waals surface area contributed by atoms with Crippen LogP contribution in [0.3, 0.4) is 0 Å². The van der Waals surface area contributed by atoms with Gasteiger partial charge in [0.05, 0.1) is 18.0 Å². The molecule has 0 aliphatic carbocycles. The van der Waals surface area contributed by atoms with Crippen LogP contribution in [0.25, 0.3) is 0 Å². The van der Waals surface area contributed by atoms with Gasteiger partial charge in [-0.15, -0.1) is 0 Å². The molecule has 0 spiro atoms. The van der Waals surface area contributed by atoms with Crippen molar-refractivity contribution in [3.8, 4) is 11.9 Å². The van der Waals surface area contributed by atoms with Gasteiger partial charge in [0.25, 0.3) is 5.56 Å². The number of Topliss-reactive ketones (excluding diaryl/α,β-unsaturated/α-hetero) is 1. The third kappa shape index (κ3) is 4.17. The summed E-state index contributed by atoms with van der Waals surface area (Å²) in [5, 5.41) is 20.8. The topological polar surface area (TPSA) is 96.0 Å². The van der Waals surface area contributed by atoms with Crippen LogP contribution < -0.4 is 5.56 Å². The van der Waals surface area contributed by atoms with Gasteiger partial charge in [-0.05, 0) is 35.2 Å². The molecule has 1 N–H and O–H groups in total. The van der Waals surface area contributed by atoms with Crippen molar-refractivity contribution in [1.29, 1.82) is 5.26 Å². The second-order valence-corrected chi connectivity index (χ2v) is 7.68. The summed E-state index contributed by atoms with van der Waals surface area (Å²) in [6.07, 6.45) is 3.16. The lowest BCUT2D eigenvalue weighted by molar-refractivity contribution is 0.0969. The Hall–Kier alpha value is -4.50. The molecule has 0 fully saturated rings. The number of aromatic nitrogens is 2. The first kappa shape index (κ1) is 21.7. The molecule has 2 aromatic carbocycles. The zero-order chi connectivity index (χ0) is 23.4. The number of hydrogen-bond acceptors (Lipinski definition) is 5. The summed E-state index contributed by atoms with van der Waals surface area (Å²) in [6.45, 7) is 1.50. The van der Waals surface area contributed by atoms with E-state index in [2.05, 4.69) is 4.98 Å². The van der Waals surface area contributed by atoms with Gasteiger partial charge in [0, 0.05) is 12.4 Å². The molecule has 0 unspecified atom stereocenters. The second kappa shape index (κ2) is 9.33. The molecule has 0 aliphatic heterocycles. The van der Waals surface area contributed by atoms with Crippen molar-refractivity contribution < 1.29 is 9.90 Å². The van der Waals surface area contributed by atoms with E-state index in [-0.39, 0.29) is 29.0 Å². The van der Waals surface area contributed by atoms with E-state index in [4.69, 9.17) is 0 Å². The Morgan fingerprint density at radius 1 is 1.03 bits per heavy atom. The molecule has 2 heterocycles. The number of rotatable bonds is 6. The summed E-state index contributed by atoms with van der Waals surface area (Å²) in [4.78, 5) is 31.0. The second-order valence-electron chi connectivity index (χ2n) is 7.68. The summed E-state index contributed by atoms with van der Waals surface area (Å²) in [7, 11) is 0. The molecule has 0 radical (unpaired) electrons. The van der Waals surface area contributed by atoms with Crippen molar-refractivity contribution in [2.24, 2.45) is 0 Å². The zero-order valence-electron chi connectivity index (χ0n) is 18.0. The molecular formula is C27H21N3O3. The SMILES string of the molecule is Cc1c(C(=O)C(c2ccccc2)c2ccccc2)c(O)n(Cc2cccnc2)c(=O)c1C#N. The standard InChI is InChI=1S/C27H21N3O3/c1-18-22(15-28)26(32)30(17-19-9-8-14-29-16-19)27(33)23(18)25(31)24(20-10-4-2-5-11-20)21-12-6-3-7-13-21/h2-14,16,24,33H,17H2,1H3. The summed E-state index contributed by atoms with van der Waals surface area (Å²) >= 11 is 0. The van der Waals surface area contributed by atoms with Crippen molar-refractivity contribution in [1.82, 2.24) is 9.55 Å². The van der Waals surface area contributed by atoms with Gasteiger partial charge in [-0.1, -0.05) is 66.7 Å². The molecule has 0 aliphatic rings. The number of nitrogens with zero attached hydrogens (tertiary/aromatic N) is 3. The van der Waals surface area contributed by atoms with E-state index >= 15 is 0 Å². The van der Waals surface area contributed by atoms with Gasteiger partial charge in [-0.25, -0.2) is 0 Å². The average molecular weight is 435 g/mol. The number of pyridine rings is 2. The number of nitriles is 1. The fourth-order valence-electron chi connectivity index (χ4n) is 4.00. The summed E-state index contributed by atoms with van der Waals surface area (Å²) in [5.74, 6) is -1.56. The van der Waals surface area contributed by atoms with E-state index < -0.39 is 17.4 Å². The molecular weight excluding hydrogens is 414 g/mol. The van der Waals surface area contributed by atoms with Crippen molar-refractivity contribution in [2.45, 2.75) is 19.4 Å². The summed E-state index contributed by atoms with van der Waals surface area (Å²) < 4.78 is 1.06. The number of ketones is 1. The van der Waals surface area contributed by atoms with Crippen molar-refractivity contribution in [3.05, 3.63) is 129 Å². The third-order valence-corrected chi connectivity index (χ3v) is 5.64. The van der Waals surface area contributed by atoms with Crippen LogP contribution in [-0.4, -0.2) is 20.4 Å². The van der Waals surface area contributed by atoms with E-state index in [0.717, 1.165) is 15.7 Å². The largest absolute Gasteiger partial charge is 0.494 e. The van der Waals surface area contributed by atoms with E-state index in [1.807, 2.05) is 66.7 Å². The highest BCUT2D eigenvalue weighted by Crippen LogP contribution is 2.33. The first-order valence-corrected chi connectivity index (χ1v) is 10.4. The Morgan fingerprint density at radius 2 is 1.64 bits per heavy atom. The Morgan fingerprint density at radius 3 is 2.15 bits per heavy atom. The number of aromatic hydroxyl groups is 1. The van der Waals surface area contributed by atoms with Gasteiger partial charge in [0.2, 0.25) is 5.88 Å². The predicted molar refractivity (Wildman–Crippen MR) is 124 cm³/mol. The molecule has 33 heavy (non-hydrogen) atoms. The van der Waals surface area contributed by atoms with Crippen molar-refractivity contribution in [3.63, 3.8) is 0 Å². The maximum atomic E-state index is 14.0. The predicted octanol–water partition coefficient (Wildman–Crippen LogP) is 4.19. The molecule has 0 atom stereocenters. The number of carbonyl (C=O) groups excluding carboxylic acids is 1. The minimum absolute atomic E-state index is 0.0188. The normalized spacial score (nSPS) is 10.7. The van der Waals surface area contributed by atoms with Crippen molar-refractivity contribution >= 4 is 5.78 Å². The molecule has 2 aromatic heterocycles. The summed E-state index contributed by atoms with van der Waals surface area (Å²) in [6, 6.07) is 23.9. The fraction of sp³-hybridized carbons (Fsp3) is 0.111. The average Bonchev–Trinajstić information content (AvgIpc) is 2.84. The fourth-order valence-corrected chi connectivity index (χ4v) is 4.00. The molecule has 162 valence electrons. The summed E-state index contributed by atoms with van der Waals surface area (Å²) in [5.41, 5.74) is 1.47. The number of carbonyl (C=O) groups is 1. The third-order valence-electron chi connectivity index (χ3n) is 5.64. The molecule has 6 nitrogen and oxygen atoms in total. The van der Waals surface area contributed by atoms with Crippen LogP contribution >= 0.6 is 0 Å². The van der Waals surface area contributed by atoms with E-state index in [1.165, 1.54) is 6.92 Å².